The molecule has 2 rings (SSSR count). The van der Waals surface area contributed by atoms with E-state index in [0.29, 0.717) is 6.79 Å². The Morgan fingerprint density at radius 1 is 1.21 bits per heavy atom. The van der Waals surface area contributed by atoms with Gasteiger partial charge in [-0.2, -0.15) is 0 Å². The second-order valence-electron chi connectivity index (χ2n) is 4.57. The molecule has 0 aliphatic carbocycles. The van der Waals surface area contributed by atoms with E-state index >= 15 is 0 Å². The maximum absolute atomic E-state index is 10.3. The summed E-state index contributed by atoms with van der Waals surface area (Å²) in [7, 11) is 0. The first-order valence-corrected chi connectivity index (χ1v) is 6.57. The topological polar surface area (TPSA) is 67.8 Å². The minimum atomic E-state index is -0.715. The Kier molecular flexibility index (Phi) is 5.03. The Labute approximate surface area is 112 Å². The van der Waals surface area contributed by atoms with Crippen LogP contribution in [0.15, 0.2) is 18.2 Å². The molecule has 5 heteroatoms. The Hall–Kier alpha value is -1.75. The van der Waals surface area contributed by atoms with Gasteiger partial charge in [0.05, 0.1) is 0 Å². The Morgan fingerprint density at radius 3 is 2.89 bits per heavy atom. The van der Waals surface area contributed by atoms with Gasteiger partial charge >= 0.3 is 5.97 Å². The Morgan fingerprint density at radius 2 is 2.05 bits per heavy atom. The van der Waals surface area contributed by atoms with Crippen LogP contribution in [0.1, 0.15) is 31.2 Å². The van der Waals surface area contributed by atoms with E-state index in [-0.39, 0.29) is 6.42 Å². The molecular weight excluding hydrogens is 246 g/mol. The second-order valence-corrected chi connectivity index (χ2v) is 4.57. The zero-order valence-corrected chi connectivity index (χ0v) is 10.9. The predicted octanol–water partition coefficient (Wildman–Crippen LogP) is 2.15. The lowest BCUT2D eigenvalue weighted by atomic mass is 10.2. The number of carbonyl (C=O) groups is 1. The van der Waals surface area contributed by atoms with E-state index < -0.39 is 5.97 Å². The number of carboxylic acids is 1. The van der Waals surface area contributed by atoms with Crippen molar-refractivity contribution in [2.24, 2.45) is 0 Å². The van der Waals surface area contributed by atoms with E-state index in [1.807, 2.05) is 18.2 Å². The van der Waals surface area contributed by atoms with Crippen LogP contribution in [-0.4, -0.2) is 24.4 Å². The van der Waals surface area contributed by atoms with Crippen molar-refractivity contribution < 1.29 is 19.4 Å². The molecule has 0 amide bonds. The van der Waals surface area contributed by atoms with Crippen molar-refractivity contribution in [1.29, 1.82) is 0 Å². The van der Waals surface area contributed by atoms with Crippen molar-refractivity contribution in [1.82, 2.24) is 5.32 Å². The molecule has 1 heterocycles. The van der Waals surface area contributed by atoms with Gasteiger partial charge in [-0.15, -0.1) is 0 Å². The number of unbranched alkanes of at least 4 members (excludes halogenated alkanes) is 2. The monoisotopic (exact) mass is 265 g/mol. The standard InChI is InChI=1S/C14H19NO4/c16-14(17)4-2-1-3-7-15-9-11-5-6-12-13(8-11)19-10-18-12/h5-6,8,15H,1-4,7,9-10H2,(H,16,17). The first-order valence-electron chi connectivity index (χ1n) is 6.57. The summed E-state index contributed by atoms with van der Waals surface area (Å²) in [6, 6.07) is 5.93. The van der Waals surface area contributed by atoms with Crippen LogP contribution in [0.25, 0.3) is 0 Å². The van der Waals surface area contributed by atoms with Gasteiger partial charge in [-0.3, -0.25) is 4.79 Å². The van der Waals surface area contributed by atoms with Gasteiger partial charge in [0.2, 0.25) is 6.79 Å². The summed E-state index contributed by atoms with van der Waals surface area (Å²) in [6.07, 6.45) is 2.96. The number of fused-ring (bicyclic) bond motifs is 1. The second kappa shape index (κ2) is 6.99. The van der Waals surface area contributed by atoms with Crippen molar-refractivity contribution in [3.63, 3.8) is 0 Å². The molecule has 2 N–H and O–H groups in total. The first-order chi connectivity index (χ1) is 9.25. The molecule has 1 aliphatic rings. The third-order valence-corrected chi connectivity index (χ3v) is 3.01. The third kappa shape index (κ3) is 4.44. The van der Waals surface area contributed by atoms with Gasteiger partial charge in [-0.25, -0.2) is 0 Å². The summed E-state index contributed by atoms with van der Waals surface area (Å²) in [5.41, 5.74) is 1.16. The molecule has 0 radical (unpaired) electrons. The highest BCUT2D eigenvalue weighted by molar-refractivity contribution is 5.66. The average molecular weight is 265 g/mol. The number of hydrogen-bond donors (Lipinski definition) is 2. The van der Waals surface area contributed by atoms with Crippen LogP contribution in [-0.2, 0) is 11.3 Å². The quantitative estimate of drug-likeness (QED) is 0.705. The van der Waals surface area contributed by atoms with Gasteiger partial charge in [-0.1, -0.05) is 12.5 Å². The molecule has 0 fully saturated rings. The molecule has 0 bridgehead atoms. The van der Waals surface area contributed by atoms with Gasteiger partial charge in [-0.05, 0) is 37.1 Å². The maximum atomic E-state index is 10.3. The highest BCUT2D eigenvalue weighted by Crippen LogP contribution is 2.32. The molecule has 0 saturated carbocycles. The molecule has 0 saturated heterocycles. The Bertz CT molecular complexity index is 433. The van der Waals surface area contributed by atoms with Crippen LogP contribution in [0, 0.1) is 0 Å². The lowest BCUT2D eigenvalue weighted by Gasteiger charge is -2.05. The fourth-order valence-electron chi connectivity index (χ4n) is 1.99. The fraction of sp³-hybridized carbons (Fsp3) is 0.500. The summed E-state index contributed by atoms with van der Waals surface area (Å²) >= 11 is 0. The number of nitrogens with one attached hydrogen (secondary N) is 1. The molecule has 0 unspecified atom stereocenters. The van der Waals surface area contributed by atoms with E-state index in [0.717, 1.165) is 49.4 Å². The SMILES string of the molecule is O=C(O)CCCCCNCc1ccc2c(c1)OCO2. The molecule has 1 aromatic rings. The average Bonchev–Trinajstić information content (AvgIpc) is 2.84. The number of hydrogen-bond acceptors (Lipinski definition) is 4. The van der Waals surface area contributed by atoms with Crippen LogP contribution < -0.4 is 14.8 Å². The third-order valence-electron chi connectivity index (χ3n) is 3.01. The molecule has 0 aromatic heterocycles. The summed E-state index contributed by atoms with van der Waals surface area (Å²) in [6.45, 7) is 1.99. The van der Waals surface area contributed by atoms with Gasteiger partial charge in [0.1, 0.15) is 0 Å². The summed E-state index contributed by atoms with van der Waals surface area (Å²) in [4.78, 5) is 10.3. The highest BCUT2D eigenvalue weighted by Gasteiger charge is 2.12. The van der Waals surface area contributed by atoms with Crippen molar-refractivity contribution in [3.8, 4) is 11.5 Å². The van der Waals surface area contributed by atoms with Crippen LogP contribution in [0.2, 0.25) is 0 Å². The van der Waals surface area contributed by atoms with Crippen LogP contribution in [0.4, 0.5) is 0 Å². The minimum Gasteiger partial charge on any atom is -0.481 e. The van der Waals surface area contributed by atoms with E-state index in [2.05, 4.69) is 5.32 Å². The van der Waals surface area contributed by atoms with Crippen LogP contribution in [0.3, 0.4) is 0 Å². The van der Waals surface area contributed by atoms with E-state index in [9.17, 15) is 4.79 Å². The first kappa shape index (κ1) is 13.7. The predicted molar refractivity (Wildman–Crippen MR) is 70.4 cm³/mol. The molecule has 0 atom stereocenters. The molecule has 104 valence electrons. The lowest BCUT2D eigenvalue weighted by molar-refractivity contribution is -0.137. The summed E-state index contributed by atoms with van der Waals surface area (Å²) in [5, 5.41) is 11.8. The molecule has 1 aromatic carbocycles. The zero-order valence-electron chi connectivity index (χ0n) is 10.9. The smallest absolute Gasteiger partial charge is 0.303 e. The van der Waals surface area contributed by atoms with Crippen molar-refractivity contribution in [2.45, 2.75) is 32.2 Å². The fourth-order valence-corrected chi connectivity index (χ4v) is 1.99. The van der Waals surface area contributed by atoms with Crippen molar-refractivity contribution in [2.75, 3.05) is 13.3 Å². The molecule has 5 nitrogen and oxygen atoms in total. The molecular formula is C14H19NO4. The number of ether oxygens (including phenoxy) is 2. The normalized spacial score (nSPS) is 12.6. The van der Waals surface area contributed by atoms with E-state index in [4.69, 9.17) is 14.6 Å². The molecule has 1 aliphatic heterocycles. The number of aliphatic carboxylic acids is 1. The van der Waals surface area contributed by atoms with Gasteiger partial charge in [0, 0.05) is 13.0 Å². The largest absolute Gasteiger partial charge is 0.481 e. The van der Waals surface area contributed by atoms with Crippen LogP contribution in [0.5, 0.6) is 11.5 Å². The van der Waals surface area contributed by atoms with Gasteiger partial charge in [0.25, 0.3) is 0 Å². The Balaban J connectivity index is 1.59. The number of carboxylic acid groups (broad SMARTS) is 1. The molecule has 19 heavy (non-hydrogen) atoms. The van der Waals surface area contributed by atoms with E-state index in [1.54, 1.807) is 0 Å². The van der Waals surface area contributed by atoms with Crippen molar-refractivity contribution >= 4 is 5.97 Å². The lowest BCUT2D eigenvalue weighted by Crippen LogP contribution is -2.14. The van der Waals surface area contributed by atoms with E-state index in [1.165, 1.54) is 0 Å². The highest BCUT2D eigenvalue weighted by atomic mass is 16.7. The van der Waals surface area contributed by atoms with Gasteiger partial charge in [0.15, 0.2) is 11.5 Å². The van der Waals surface area contributed by atoms with Crippen LogP contribution >= 0.6 is 0 Å². The maximum Gasteiger partial charge on any atom is 0.303 e. The minimum absolute atomic E-state index is 0.266. The van der Waals surface area contributed by atoms with Crippen molar-refractivity contribution in [3.05, 3.63) is 23.8 Å². The van der Waals surface area contributed by atoms with Gasteiger partial charge < -0.3 is 19.9 Å². The summed E-state index contributed by atoms with van der Waals surface area (Å²) < 4.78 is 10.6. The zero-order chi connectivity index (χ0) is 13.5. The number of rotatable bonds is 8. The number of benzene rings is 1. The summed E-state index contributed by atoms with van der Waals surface area (Å²) in [5.74, 6) is 0.895. The molecule has 0 spiro atoms.